The number of nitrogens with zero attached hydrogens (tertiary/aromatic N) is 6. The molecule has 0 radical (unpaired) electrons. The fourth-order valence-electron chi connectivity index (χ4n) is 4.23. The molecule has 0 aliphatic carbocycles. The van der Waals surface area contributed by atoms with E-state index < -0.39 is 17.7 Å². The number of imidazole rings is 1. The lowest BCUT2D eigenvalue weighted by Crippen LogP contribution is -2.17. The standard InChI is InChI=1S/C24H20F2N6/c1-14-23(31(3)30-29-14)16-7-10-20-22(12-16)32(15(2)28-20)24(21-6-4-5-11-27-21)18-9-8-17(25)13-19(18)26/h4-13,24H,1-3H3. The number of benzene rings is 2. The van der Waals surface area contributed by atoms with Gasteiger partial charge in [0.1, 0.15) is 23.5 Å². The van der Waals surface area contributed by atoms with E-state index in [-0.39, 0.29) is 0 Å². The Morgan fingerprint density at radius 1 is 0.969 bits per heavy atom. The maximum atomic E-state index is 15.0. The third-order valence-corrected chi connectivity index (χ3v) is 5.62. The summed E-state index contributed by atoms with van der Waals surface area (Å²) in [6.45, 7) is 3.77. The van der Waals surface area contributed by atoms with Crippen LogP contribution in [0.2, 0.25) is 0 Å². The van der Waals surface area contributed by atoms with Crippen LogP contribution in [-0.4, -0.2) is 29.5 Å². The molecule has 0 spiro atoms. The zero-order valence-electron chi connectivity index (χ0n) is 17.8. The summed E-state index contributed by atoms with van der Waals surface area (Å²) in [6, 6.07) is 14.4. The van der Waals surface area contributed by atoms with Crippen molar-refractivity contribution in [2.24, 2.45) is 7.05 Å². The number of hydrogen-bond donors (Lipinski definition) is 0. The van der Waals surface area contributed by atoms with Crippen LogP contribution in [0, 0.1) is 25.5 Å². The lowest BCUT2D eigenvalue weighted by atomic mass is 10.0. The van der Waals surface area contributed by atoms with Crippen molar-refractivity contribution in [3.63, 3.8) is 0 Å². The molecule has 0 N–H and O–H groups in total. The molecule has 5 aromatic rings. The Hall–Kier alpha value is -3.94. The zero-order chi connectivity index (χ0) is 22.4. The van der Waals surface area contributed by atoms with Crippen molar-refractivity contribution in [2.45, 2.75) is 19.9 Å². The van der Waals surface area contributed by atoms with Crippen LogP contribution < -0.4 is 0 Å². The molecular formula is C24H20F2N6. The fourth-order valence-corrected chi connectivity index (χ4v) is 4.23. The first kappa shape index (κ1) is 20.0. The average molecular weight is 430 g/mol. The van der Waals surface area contributed by atoms with Gasteiger partial charge in [-0.3, -0.25) is 4.98 Å². The van der Waals surface area contributed by atoms with Gasteiger partial charge in [0.2, 0.25) is 0 Å². The number of aryl methyl sites for hydroxylation is 3. The lowest BCUT2D eigenvalue weighted by Gasteiger charge is -2.22. The molecule has 0 aliphatic rings. The maximum Gasteiger partial charge on any atom is 0.131 e. The van der Waals surface area contributed by atoms with Gasteiger partial charge in [-0.1, -0.05) is 23.4 Å². The van der Waals surface area contributed by atoms with E-state index in [0.717, 1.165) is 34.1 Å². The van der Waals surface area contributed by atoms with Crippen LogP contribution >= 0.6 is 0 Å². The Morgan fingerprint density at radius 3 is 2.50 bits per heavy atom. The highest BCUT2D eigenvalue weighted by molar-refractivity contribution is 5.83. The van der Waals surface area contributed by atoms with Gasteiger partial charge >= 0.3 is 0 Å². The van der Waals surface area contributed by atoms with Gasteiger partial charge in [0.25, 0.3) is 0 Å². The van der Waals surface area contributed by atoms with Gasteiger partial charge in [-0.15, -0.1) is 5.10 Å². The minimum Gasteiger partial charge on any atom is -0.315 e. The van der Waals surface area contributed by atoms with Crippen LogP contribution in [0.25, 0.3) is 22.3 Å². The van der Waals surface area contributed by atoms with Crippen LogP contribution in [0.4, 0.5) is 8.78 Å². The van der Waals surface area contributed by atoms with E-state index in [4.69, 9.17) is 4.98 Å². The first-order valence-electron chi connectivity index (χ1n) is 10.1. The summed E-state index contributed by atoms with van der Waals surface area (Å²) in [7, 11) is 1.84. The monoisotopic (exact) mass is 430 g/mol. The topological polar surface area (TPSA) is 61.4 Å². The molecular weight excluding hydrogens is 410 g/mol. The van der Waals surface area contributed by atoms with Crippen LogP contribution in [0.1, 0.15) is 28.8 Å². The third-order valence-electron chi connectivity index (χ3n) is 5.62. The van der Waals surface area contributed by atoms with Gasteiger partial charge in [-0.2, -0.15) is 0 Å². The van der Waals surface area contributed by atoms with Gasteiger partial charge < -0.3 is 4.57 Å². The molecule has 32 heavy (non-hydrogen) atoms. The molecule has 6 nitrogen and oxygen atoms in total. The van der Waals surface area contributed by atoms with E-state index in [1.165, 1.54) is 12.1 Å². The van der Waals surface area contributed by atoms with Crippen LogP contribution in [-0.2, 0) is 7.05 Å². The summed E-state index contributed by atoms with van der Waals surface area (Å²) < 4.78 is 32.3. The Bertz CT molecular complexity index is 1420. The highest BCUT2D eigenvalue weighted by atomic mass is 19.1. The minimum absolute atomic E-state index is 0.316. The van der Waals surface area contributed by atoms with Crippen molar-refractivity contribution >= 4 is 11.0 Å². The van der Waals surface area contributed by atoms with Crippen molar-refractivity contribution in [1.29, 1.82) is 0 Å². The second kappa shape index (κ2) is 7.64. The molecule has 0 saturated carbocycles. The summed E-state index contributed by atoms with van der Waals surface area (Å²) in [5.74, 6) is -0.569. The molecule has 0 fully saturated rings. The predicted molar refractivity (Wildman–Crippen MR) is 117 cm³/mol. The summed E-state index contributed by atoms with van der Waals surface area (Å²) in [5.41, 5.74) is 5.13. The van der Waals surface area contributed by atoms with Crippen molar-refractivity contribution in [1.82, 2.24) is 29.5 Å². The summed E-state index contributed by atoms with van der Waals surface area (Å²) in [5, 5.41) is 8.25. The van der Waals surface area contributed by atoms with Crippen molar-refractivity contribution < 1.29 is 8.78 Å². The second-order valence-corrected chi connectivity index (χ2v) is 7.70. The number of pyridine rings is 1. The Balaban J connectivity index is 1.79. The fraction of sp³-hybridized carbons (Fsp3) is 0.167. The zero-order valence-corrected chi connectivity index (χ0v) is 17.8. The normalized spacial score (nSPS) is 12.4. The van der Waals surface area contributed by atoms with Crippen LogP contribution in [0.15, 0.2) is 60.8 Å². The summed E-state index contributed by atoms with van der Waals surface area (Å²) in [4.78, 5) is 9.19. The second-order valence-electron chi connectivity index (χ2n) is 7.70. The molecule has 0 amide bonds. The van der Waals surface area contributed by atoms with Crippen molar-refractivity contribution in [3.8, 4) is 11.3 Å². The average Bonchev–Trinajstić information content (AvgIpc) is 3.28. The third kappa shape index (κ3) is 3.24. The molecule has 1 atom stereocenters. The van der Waals surface area contributed by atoms with E-state index in [0.29, 0.717) is 17.1 Å². The Morgan fingerprint density at radius 2 is 1.81 bits per heavy atom. The van der Waals surface area contributed by atoms with E-state index in [1.807, 2.05) is 55.8 Å². The first-order chi connectivity index (χ1) is 15.4. The molecule has 1 unspecified atom stereocenters. The van der Waals surface area contributed by atoms with E-state index in [1.54, 1.807) is 16.9 Å². The molecule has 8 heteroatoms. The molecule has 3 aromatic heterocycles. The Labute approximate surface area is 183 Å². The van der Waals surface area contributed by atoms with E-state index in [2.05, 4.69) is 15.3 Å². The Kier molecular flexibility index (Phi) is 4.77. The molecule has 160 valence electrons. The van der Waals surface area contributed by atoms with Gasteiger partial charge in [-0.25, -0.2) is 18.4 Å². The molecule has 0 saturated heterocycles. The smallest absolute Gasteiger partial charge is 0.131 e. The molecule has 0 bridgehead atoms. The highest BCUT2D eigenvalue weighted by Gasteiger charge is 2.26. The lowest BCUT2D eigenvalue weighted by molar-refractivity contribution is 0.546. The number of fused-ring (bicyclic) bond motifs is 1. The van der Waals surface area contributed by atoms with E-state index in [9.17, 15) is 8.78 Å². The van der Waals surface area contributed by atoms with Gasteiger partial charge in [0, 0.05) is 30.4 Å². The van der Waals surface area contributed by atoms with Gasteiger partial charge in [0.05, 0.1) is 28.1 Å². The molecule has 2 aromatic carbocycles. The molecule has 0 aliphatic heterocycles. The summed E-state index contributed by atoms with van der Waals surface area (Å²) >= 11 is 0. The quantitative estimate of drug-likeness (QED) is 0.413. The van der Waals surface area contributed by atoms with Crippen molar-refractivity contribution in [3.05, 3.63) is 95.2 Å². The predicted octanol–water partition coefficient (Wildman–Crippen LogP) is 4.76. The van der Waals surface area contributed by atoms with E-state index >= 15 is 0 Å². The molecule has 5 rings (SSSR count). The highest BCUT2D eigenvalue weighted by Crippen LogP contribution is 2.34. The minimum atomic E-state index is -0.635. The maximum absolute atomic E-state index is 15.0. The number of rotatable bonds is 4. The SMILES string of the molecule is Cc1nnn(C)c1-c1ccc2nc(C)n(C(c3ccccn3)c3ccc(F)cc3F)c2c1. The molecule has 3 heterocycles. The number of aromatic nitrogens is 6. The first-order valence-corrected chi connectivity index (χ1v) is 10.1. The van der Waals surface area contributed by atoms with Crippen molar-refractivity contribution in [2.75, 3.05) is 0 Å². The van der Waals surface area contributed by atoms with Crippen LogP contribution in [0.3, 0.4) is 0 Å². The van der Waals surface area contributed by atoms with Gasteiger partial charge in [-0.05, 0) is 44.2 Å². The van der Waals surface area contributed by atoms with Gasteiger partial charge in [0.15, 0.2) is 0 Å². The van der Waals surface area contributed by atoms with Crippen LogP contribution in [0.5, 0.6) is 0 Å². The number of halogens is 2. The largest absolute Gasteiger partial charge is 0.315 e. The number of hydrogen-bond acceptors (Lipinski definition) is 4. The summed E-state index contributed by atoms with van der Waals surface area (Å²) in [6.07, 6.45) is 1.66.